The molecule has 6 heteroatoms. The van der Waals surface area contributed by atoms with Crippen LogP contribution in [0.1, 0.15) is 50.0 Å². The number of aromatic nitrogens is 1. The largest absolute Gasteiger partial charge is 0.370 e. The minimum absolute atomic E-state index is 0.0283. The van der Waals surface area contributed by atoms with Crippen LogP contribution in [0.5, 0.6) is 0 Å². The average Bonchev–Trinajstić information content (AvgIpc) is 3.10. The lowest BCUT2D eigenvalue weighted by Crippen LogP contribution is -2.45. The maximum Gasteiger partial charge on any atom is 0.272 e. The molecule has 2 saturated heterocycles. The van der Waals surface area contributed by atoms with Crippen LogP contribution >= 0.6 is 0 Å². The molecule has 3 heterocycles. The lowest BCUT2D eigenvalue weighted by atomic mass is 10.0. The van der Waals surface area contributed by atoms with Gasteiger partial charge in [0.05, 0.1) is 25.1 Å². The van der Waals surface area contributed by atoms with Gasteiger partial charge in [-0.15, -0.1) is 0 Å². The van der Waals surface area contributed by atoms with E-state index < -0.39 is 0 Å². The van der Waals surface area contributed by atoms with E-state index >= 15 is 0 Å². The second kappa shape index (κ2) is 8.15. The zero-order chi connectivity index (χ0) is 17.7. The molecule has 0 atom stereocenters. The molecule has 0 radical (unpaired) electrons. The van der Waals surface area contributed by atoms with Crippen LogP contribution in [0, 0.1) is 0 Å². The molecule has 0 unspecified atom stereocenters. The molecule has 0 aliphatic carbocycles. The highest BCUT2D eigenvalue weighted by Crippen LogP contribution is 2.33. The van der Waals surface area contributed by atoms with Crippen LogP contribution in [0.4, 0.5) is 5.69 Å². The van der Waals surface area contributed by atoms with Crippen LogP contribution in [-0.4, -0.2) is 61.0 Å². The summed E-state index contributed by atoms with van der Waals surface area (Å²) in [5.41, 5.74) is 1.59. The summed E-state index contributed by atoms with van der Waals surface area (Å²) in [4.78, 5) is 21.2. The van der Waals surface area contributed by atoms with Gasteiger partial charge in [0.1, 0.15) is 5.69 Å². The SMILES string of the molecule is CCCN(CCC)C(=O)c1ccc(N2CCC3(CC2)OCCO3)cn1. The lowest BCUT2D eigenvalue weighted by molar-refractivity contribution is -0.169. The van der Waals surface area contributed by atoms with Gasteiger partial charge in [0.2, 0.25) is 0 Å². The molecule has 0 aromatic carbocycles. The van der Waals surface area contributed by atoms with Crippen molar-refractivity contribution in [2.24, 2.45) is 0 Å². The maximum absolute atomic E-state index is 12.6. The molecule has 0 bridgehead atoms. The van der Waals surface area contributed by atoms with E-state index in [1.807, 2.05) is 23.2 Å². The fourth-order valence-electron chi connectivity index (χ4n) is 3.61. The first-order valence-electron chi connectivity index (χ1n) is 9.45. The number of carbonyl (C=O) groups excluding carboxylic acids is 1. The number of hydrogen-bond donors (Lipinski definition) is 0. The zero-order valence-electron chi connectivity index (χ0n) is 15.4. The second-order valence-corrected chi connectivity index (χ2v) is 6.79. The van der Waals surface area contributed by atoms with Gasteiger partial charge in [0, 0.05) is 39.0 Å². The van der Waals surface area contributed by atoms with E-state index in [4.69, 9.17) is 9.47 Å². The number of pyridine rings is 1. The van der Waals surface area contributed by atoms with Gasteiger partial charge in [0.25, 0.3) is 5.91 Å². The minimum atomic E-state index is -0.360. The number of anilines is 1. The molecule has 25 heavy (non-hydrogen) atoms. The fourth-order valence-corrected chi connectivity index (χ4v) is 3.61. The third kappa shape index (κ3) is 4.12. The number of nitrogens with zero attached hydrogens (tertiary/aromatic N) is 3. The maximum atomic E-state index is 12.6. The van der Waals surface area contributed by atoms with Gasteiger partial charge in [-0.05, 0) is 25.0 Å². The Balaban J connectivity index is 1.61. The summed E-state index contributed by atoms with van der Waals surface area (Å²) < 4.78 is 11.5. The molecule has 2 fully saturated rings. The Hall–Kier alpha value is -1.66. The fraction of sp³-hybridized carbons (Fsp3) is 0.684. The molecule has 0 N–H and O–H groups in total. The van der Waals surface area contributed by atoms with Gasteiger partial charge in [-0.3, -0.25) is 4.79 Å². The van der Waals surface area contributed by atoms with Crippen molar-refractivity contribution >= 4 is 11.6 Å². The molecule has 2 aliphatic heterocycles. The Morgan fingerprint density at radius 3 is 2.32 bits per heavy atom. The van der Waals surface area contributed by atoms with E-state index in [-0.39, 0.29) is 11.7 Å². The molecular formula is C19H29N3O3. The quantitative estimate of drug-likeness (QED) is 0.792. The Morgan fingerprint density at radius 2 is 1.80 bits per heavy atom. The number of rotatable bonds is 6. The molecule has 6 nitrogen and oxygen atoms in total. The molecule has 138 valence electrons. The second-order valence-electron chi connectivity index (χ2n) is 6.79. The van der Waals surface area contributed by atoms with Gasteiger partial charge < -0.3 is 19.3 Å². The van der Waals surface area contributed by atoms with Gasteiger partial charge in [-0.1, -0.05) is 13.8 Å². The van der Waals surface area contributed by atoms with Crippen molar-refractivity contribution < 1.29 is 14.3 Å². The molecule has 0 saturated carbocycles. The Kier molecular flexibility index (Phi) is 5.91. The van der Waals surface area contributed by atoms with Crippen LogP contribution in [0.3, 0.4) is 0 Å². The lowest BCUT2D eigenvalue weighted by Gasteiger charge is -2.38. The highest BCUT2D eigenvalue weighted by Gasteiger charge is 2.39. The van der Waals surface area contributed by atoms with E-state index in [2.05, 4.69) is 23.7 Å². The topological polar surface area (TPSA) is 54.9 Å². The highest BCUT2D eigenvalue weighted by molar-refractivity contribution is 5.92. The van der Waals surface area contributed by atoms with Crippen molar-refractivity contribution in [3.63, 3.8) is 0 Å². The Bertz CT molecular complexity index is 554. The van der Waals surface area contributed by atoms with Crippen LogP contribution < -0.4 is 4.90 Å². The summed E-state index contributed by atoms with van der Waals surface area (Å²) in [6, 6.07) is 3.85. The van der Waals surface area contributed by atoms with Crippen LogP contribution in [0.25, 0.3) is 0 Å². The van der Waals surface area contributed by atoms with Gasteiger partial charge in [0.15, 0.2) is 5.79 Å². The Labute approximate surface area is 150 Å². The van der Waals surface area contributed by atoms with E-state index in [0.717, 1.165) is 57.5 Å². The van der Waals surface area contributed by atoms with Crippen LogP contribution in [-0.2, 0) is 9.47 Å². The molecule has 2 aliphatic rings. The van der Waals surface area contributed by atoms with Crippen molar-refractivity contribution in [1.82, 2.24) is 9.88 Å². The van der Waals surface area contributed by atoms with E-state index in [1.165, 1.54) is 0 Å². The van der Waals surface area contributed by atoms with Crippen molar-refractivity contribution in [2.45, 2.75) is 45.3 Å². The van der Waals surface area contributed by atoms with Crippen molar-refractivity contribution in [3.05, 3.63) is 24.0 Å². The normalized spacial score (nSPS) is 19.4. The van der Waals surface area contributed by atoms with E-state index in [1.54, 1.807) is 0 Å². The summed E-state index contributed by atoms with van der Waals surface area (Å²) in [5, 5.41) is 0. The van der Waals surface area contributed by atoms with E-state index in [9.17, 15) is 4.79 Å². The van der Waals surface area contributed by atoms with Crippen molar-refractivity contribution in [3.8, 4) is 0 Å². The van der Waals surface area contributed by atoms with Crippen molar-refractivity contribution in [2.75, 3.05) is 44.3 Å². The predicted octanol–water partition coefficient (Wildman–Crippen LogP) is 2.69. The first-order valence-corrected chi connectivity index (χ1v) is 9.45. The average molecular weight is 347 g/mol. The monoisotopic (exact) mass is 347 g/mol. The molecule has 1 aromatic heterocycles. The van der Waals surface area contributed by atoms with E-state index in [0.29, 0.717) is 18.9 Å². The first-order chi connectivity index (χ1) is 12.2. The third-order valence-corrected chi connectivity index (χ3v) is 4.95. The minimum Gasteiger partial charge on any atom is -0.370 e. The summed E-state index contributed by atoms with van der Waals surface area (Å²) in [6.45, 7) is 8.91. The standard InChI is InChI=1S/C19H29N3O3/c1-3-9-22(10-4-2)18(23)17-6-5-16(15-20-17)21-11-7-19(8-12-21)24-13-14-25-19/h5-6,15H,3-4,7-14H2,1-2H3. The summed E-state index contributed by atoms with van der Waals surface area (Å²) in [6.07, 6.45) is 5.48. The predicted molar refractivity (Wildman–Crippen MR) is 96.8 cm³/mol. The number of amides is 1. The number of piperidine rings is 1. The zero-order valence-corrected chi connectivity index (χ0v) is 15.4. The molecule has 1 amide bonds. The summed E-state index contributed by atoms with van der Waals surface area (Å²) in [7, 11) is 0. The number of carbonyl (C=O) groups is 1. The van der Waals surface area contributed by atoms with Crippen LogP contribution in [0.2, 0.25) is 0 Å². The number of ether oxygens (including phenoxy) is 2. The van der Waals surface area contributed by atoms with Gasteiger partial charge in [-0.2, -0.15) is 0 Å². The molecule has 1 aromatic rings. The van der Waals surface area contributed by atoms with Gasteiger partial charge >= 0.3 is 0 Å². The molecular weight excluding hydrogens is 318 g/mol. The summed E-state index contributed by atoms with van der Waals surface area (Å²) >= 11 is 0. The third-order valence-electron chi connectivity index (χ3n) is 4.95. The molecule has 1 spiro atoms. The first kappa shape index (κ1) is 18.1. The molecule has 3 rings (SSSR count). The van der Waals surface area contributed by atoms with Crippen molar-refractivity contribution in [1.29, 1.82) is 0 Å². The highest BCUT2D eigenvalue weighted by atomic mass is 16.7. The number of hydrogen-bond acceptors (Lipinski definition) is 5. The van der Waals surface area contributed by atoms with Crippen LogP contribution in [0.15, 0.2) is 18.3 Å². The Morgan fingerprint density at radius 1 is 1.16 bits per heavy atom. The smallest absolute Gasteiger partial charge is 0.272 e. The summed E-state index contributed by atoms with van der Waals surface area (Å²) in [5.74, 6) is -0.332. The van der Waals surface area contributed by atoms with Gasteiger partial charge in [-0.25, -0.2) is 4.98 Å².